The van der Waals surface area contributed by atoms with Gasteiger partial charge in [0, 0.05) is 12.1 Å². The molecule has 0 unspecified atom stereocenters. The van der Waals surface area contributed by atoms with Crippen LogP contribution in [0.3, 0.4) is 0 Å². The number of fused-ring (bicyclic) bond motifs is 1. The van der Waals surface area contributed by atoms with Crippen molar-refractivity contribution in [3.8, 4) is 0 Å². The first-order valence-corrected chi connectivity index (χ1v) is 8.61. The highest BCUT2D eigenvalue weighted by Crippen LogP contribution is 2.35. The average Bonchev–Trinajstić information content (AvgIpc) is 3.31. The molecule has 2 heterocycles. The van der Waals surface area contributed by atoms with E-state index in [1.807, 2.05) is 4.57 Å². The van der Waals surface area contributed by atoms with E-state index in [0.717, 1.165) is 38.5 Å². The van der Waals surface area contributed by atoms with Gasteiger partial charge in [-0.2, -0.15) is 13.2 Å². The van der Waals surface area contributed by atoms with E-state index in [0.29, 0.717) is 23.2 Å². The SMILES string of the molecule is FC(F)(F)c1ncc2nc(NC3CC3)n(C3CCCCCC3)c2n1. The number of alkyl halides is 3. The van der Waals surface area contributed by atoms with Gasteiger partial charge in [-0.1, -0.05) is 25.7 Å². The predicted octanol–water partition coefficient (Wildman–Crippen LogP) is 4.31. The van der Waals surface area contributed by atoms with Crippen molar-refractivity contribution in [2.45, 2.75) is 69.6 Å². The summed E-state index contributed by atoms with van der Waals surface area (Å²) < 4.78 is 40.9. The minimum Gasteiger partial charge on any atom is -0.353 e. The number of nitrogens with one attached hydrogen (secondary N) is 1. The standard InChI is InChI=1S/C16H20F3N5/c17-16(18,19)14-20-9-12-13(23-14)24(11-5-3-1-2-4-6-11)15(22-12)21-10-7-8-10/h9-11H,1-8H2,(H,21,22). The van der Waals surface area contributed by atoms with E-state index in [-0.39, 0.29) is 6.04 Å². The van der Waals surface area contributed by atoms with Gasteiger partial charge in [0.25, 0.3) is 0 Å². The van der Waals surface area contributed by atoms with E-state index >= 15 is 0 Å². The molecule has 8 heteroatoms. The Kier molecular flexibility index (Phi) is 3.85. The molecule has 0 radical (unpaired) electrons. The van der Waals surface area contributed by atoms with Crippen molar-refractivity contribution in [1.82, 2.24) is 19.5 Å². The third-order valence-electron chi connectivity index (χ3n) is 4.79. The molecule has 5 nitrogen and oxygen atoms in total. The lowest BCUT2D eigenvalue weighted by Gasteiger charge is -2.20. The molecule has 4 rings (SSSR count). The number of nitrogens with zero attached hydrogens (tertiary/aromatic N) is 4. The van der Waals surface area contributed by atoms with Crippen LogP contribution in [0.2, 0.25) is 0 Å². The number of hydrogen-bond donors (Lipinski definition) is 1. The van der Waals surface area contributed by atoms with Crippen LogP contribution in [0, 0.1) is 0 Å². The normalized spacial score (nSPS) is 20.3. The van der Waals surface area contributed by atoms with E-state index in [2.05, 4.69) is 20.3 Å². The molecular formula is C16H20F3N5. The predicted molar refractivity (Wildman–Crippen MR) is 83.7 cm³/mol. The first-order chi connectivity index (χ1) is 11.5. The summed E-state index contributed by atoms with van der Waals surface area (Å²) in [5, 5.41) is 3.35. The van der Waals surface area contributed by atoms with Crippen molar-refractivity contribution in [3.05, 3.63) is 12.0 Å². The second-order valence-corrected chi connectivity index (χ2v) is 6.77. The van der Waals surface area contributed by atoms with Gasteiger partial charge in [-0.05, 0) is 25.7 Å². The molecule has 0 spiro atoms. The lowest BCUT2D eigenvalue weighted by atomic mass is 10.1. The molecule has 2 aromatic heterocycles. The highest BCUT2D eigenvalue weighted by atomic mass is 19.4. The van der Waals surface area contributed by atoms with Crippen molar-refractivity contribution in [1.29, 1.82) is 0 Å². The Morgan fingerprint density at radius 2 is 1.71 bits per heavy atom. The largest absolute Gasteiger partial charge is 0.451 e. The zero-order chi connectivity index (χ0) is 16.7. The van der Waals surface area contributed by atoms with Gasteiger partial charge >= 0.3 is 6.18 Å². The number of rotatable bonds is 3. The summed E-state index contributed by atoms with van der Waals surface area (Å²) in [6.45, 7) is 0. The summed E-state index contributed by atoms with van der Waals surface area (Å²) >= 11 is 0. The summed E-state index contributed by atoms with van der Waals surface area (Å²) in [6.07, 6.45) is 5.24. The zero-order valence-electron chi connectivity index (χ0n) is 13.3. The van der Waals surface area contributed by atoms with E-state index in [1.165, 1.54) is 19.0 Å². The molecule has 2 fully saturated rings. The van der Waals surface area contributed by atoms with Crippen LogP contribution in [-0.4, -0.2) is 25.6 Å². The maximum Gasteiger partial charge on any atom is 0.451 e. The monoisotopic (exact) mass is 339 g/mol. The molecule has 2 aromatic rings. The van der Waals surface area contributed by atoms with Gasteiger partial charge in [0.1, 0.15) is 5.52 Å². The molecule has 0 bridgehead atoms. The Bertz CT molecular complexity index is 727. The van der Waals surface area contributed by atoms with Crippen LogP contribution in [0.5, 0.6) is 0 Å². The summed E-state index contributed by atoms with van der Waals surface area (Å²) in [5.41, 5.74) is 0.725. The Morgan fingerprint density at radius 1 is 1.00 bits per heavy atom. The van der Waals surface area contributed by atoms with Crippen molar-refractivity contribution in [2.24, 2.45) is 0 Å². The third-order valence-corrected chi connectivity index (χ3v) is 4.79. The van der Waals surface area contributed by atoms with Crippen LogP contribution < -0.4 is 5.32 Å². The van der Waals surface area contributed by atoms with Crippen LogP contribution in [-0.2, 0) is 6.18 Å². The maximum atomic E-state index is 13.0. The van der Waals surface area contributed by atoms with Gasteiger partial charge < -0.3 is 5.32 Å². The number of hydrogen-bond acceptors (Lipinski definition) is 4. The Hall–Kier alpha value is -1.86. The molecule has 2 saturated carbocycles. The van der Waals surface area contributed by atoms with Gasteiger partial charge in [0.15, 0.2) is 5.65 Å². The smallest absolute Gasteiger partial charge is 0.353 e. The quantitative estimate of drug-likeness (QED) is 0.847. The van der Waals surface area contributed by atoms with Gasteiger partial charge in [0.05, 0.1) is 6.20 Å². The van der Waals surface area contributed by atoms with Gasteiger partial charge in [-0.15, -0.1) is 0 Å². The van der Waals surface area contributed by atoms with E-state index in [9.17, 15) is 13.2 Å². The molecule has 1 N–H and O–H groups in total. The minimum atomic E-state index is -4.54. The Labute approximate surface area is 137 Å². The number of anilines is 1. The van der Waals surface area contributed by atoms with Crippen molar-refractivity contribution in [3.63, 3.8) is 0 Å². The first-order valence-electron chi connectivity index (χ1n) is 8.61. The van der Waals surface area contributed by atoms with Crippen LogP contribution in [0.4, 0.5) is 19.1 Å². The van der Waals surface area contributed by atoms with Gasteiger partial charge in [0.2, 0.25) is 11.8 Å². The van der Waals surface area contributed by atoms with Crippen LogP contribution in [0.15, 0.2) is 6.20 Å². The third kappa shape index (κ3) is 3.06. The Balaban J connectivity index is 1.81. The Morgan fingerprint density at radius 3 is 2.33 bits per heavy atom. The number of aromatic nitrogens is 4. The van der Waals surface area contributed by atoms with Crippen molar-refractivity contribution in [2.75, 3.05) is 5.32 Å². The van der Waals surface area contributed by atoms with Crippen molar-refractivity contribution < 1.29 is 13.2 Å². The maximum absolute atomic E-state index is 13.0. The second-order valence-electron chi connectivity index (χ2n) is 6.77. The number of imidazole rings is 1. The number of halogens is 3. The molecule has 130 valence electrons. The van der Waals surface area contributed by atoms with Crippen LogP contribution in [0.25, 0.3) is 11.2 Å². The molecule has 0 amide bonds. The van der Waals surface area contributed by atoms with E-state index in [4.69, 9.17) is 0 Å². The average molecular weight is 339 g/mol. The molecule has 2 aliphatic rings. The van der Waals surface area contributed by atoms with Crippen LogP contribution >= 0.6 is 0 Å². The first kappa shape index (κ1) is 15.7. The summed E-state index contributed by atoms with van der Waals surface area (Å²) in [7, 11) is 0. The van der Waals surface area contributed by atoms with Crippen molar-refractivity contribution >= 4 is 17.1 Å². The van der Waals surface area contributed by atoms with E-state index in [1.54, 1.807) is 0 Å². The fourth-order valence-electron chi connectivity index (χ4n) is 3.40. The molecule has 0 saturated heterocycles. The molecule has 2 aliphatic carbocycles. The van der Waals surface area contributed by atoms with Gasteiger partial charge in [-0.3, -0.25) is 4.57 Å². The molecule has 0 aromatic carbocycles. The van der Waals surface area contributed by atoms with Gasteiger partial charge in [-0.25, -0.2) is 15.0 Å². The second kappa shape index (κ2) is 5.89. The summed E-state index contributed by atoms with van der Waals surface area (Å²) in [4.78, 5) is 11.8. The summed E-state index contributed by atoms with van der Waals surface area (Å²) in [6, 6.07) is 0.524. The molecule has 24 heavy (non-hydrogen) atoms. The molecule has 0 aliphatic heterocycles. The van der Waals surface area contributed by atoms with E-state index < -0.39 is 12.0 Å². The molecular weight excluding hydrogens is 319 g/mol. The fourth-order valence-corrected chi connectivity index (χ4v) is 3.40. The molecule has 0 atom stereocenters. The van der Waals surface area contributed by atoms with Crippen LogP contribution in [0.1, 0.15) is 63.2 Å². The topological polar surface area (TPSA) is 55.6 Å². The minimum absolute atomic E-state index is 0.148. The highest BCUT2D eigenvalue weighted by molar-refractivity contribution is 5.74. The lowest BCUT2D eigenvalue weighted by molar-refractivity contribution is -0.144. The summed E-state index contributed by atoms with van der Waals surface area (Å²) in [5.74, 6) is -0.448. The fraction of sp³-hybridized carbons (Fsp3) is 0.688. The zero-order valence-corrected chi connectivity index (χ0v) is 13.3. The lowest BCUT2D eigenvalue weighted by Crippen LogP contribution is -2.16. The highest BCUT2D eigenvalue weighted by Gasteiger charge is 2.36.